The first-order valence-corrected chi connectivity index (χ1v) is 8.28. The molecule has 3 rings (SSSR count). The van der Waals surface area contributed by atoms with Crippen molar-refractivity contribution in [3.63, 3.8) is 0 Å². The van der Waals surface area contributed by atoms with Crippen molar-refractivity contribution in [3.8, 4) is 11.5 Å². The van der Waals surface area contributed by atoms with E-state index in [1.807, 2.05) is 18.2 Å². The third kappa shape index (κ3) is 3.62. The van der Waals surface area contributed by atoms with Crippen molar-refractivity contribution in [2.24, 2.45) is 0 Å². The Bertz CT molecular complexity index is 670. The second-order valence-electron chi connectivity index (χ2n) is 5.84. The molecule has 2 aromatic rings. The Balaban J connectivity index is 1.67. The molecule has 0 saturated heterocycles. The molecule has 0 fully saturated rings. The van der Waals surface area contributed by atoms with Crippen LogP contribution < -0.4 is 9.47 Å². The Morgan fingerprint density at radius 2 is 1.83 bits per heavy atom. The fourth-order valence-electron chi connectivity index (χ4n) is 3.17. The highest BCUT2D eigenvalue weighted by Crippen LogP contribution is 2.36. The number of hydrogen-bond donors (Lipinski definition) is 0. The molecule has 1 aliphatic rings. The minimum absolute atomic E-state index is 0.793. The molecule has 1 heterocycles. The molecule has 0 N–H and O–H groups in total. The number of benzene rings is 2. The lowest BCUT2D eigenvalue weighted by Crippen LogP contribution is -2.32. The van der Waals surface area contributed by atoms with E-state index < -0.39 is 0 Å². The molecule has 0 unspecified atom stereocenters. The largest absolute Gasteiger partial charge is 0.493 e. The minimum atomic E-state index is 0.793. The summed E-state index contributed by atoms with van der Waals surface area (Å²) in [6, 6.07) is 12.3. The van der Waals surface area contributed by atoms with Crippen LogP contribution in [0.2, 0.25) is 5.02 Å². The molecule has 23 heavy (non-hydrogen) atoms. The molecule has 2 aromatic carbocycles. The zero-order valence-electron chi connectivity index (χ0n) is 13.6. The van der Waals surface area contributed by atoms with Gasteiger partial charge in [0.05, 0.1) is 14.2 Å². The van der Waals surface area contributed by atoms with Crippen LogP contribution in [0.3, 0.4) is 0 Å². The zero-order valence-corrected chi connectivity index (χ0v) is 14.4. The van der Waals surface area contributed by atoms with Crippen LogP contribution in [0.1, 0.15) is 16.7 Å². The van der Waals surface area contributed by atoms with Gasteiger partial charge in [-0.1, -0.05) is 29.8 Å². The van der Waals surface area contributed by atoms with E-state index in [2.05, 4.69) is 23.1 Å². The molecule has 0 atom stereocenters. The molecule has 0 saturated carbocycles. The molecule has 1 aliphatic heterocycles. The second-order valence-corrected chi connectivity index (χ2v) is 6.28. The zero-order chi connectivity index (χ0) is 16.2. The molecule has 0 aromatic heterocycles. The van der Waals surface area contributed by atoms with Gasteiger partial charge in [0.15, 0.2) is 11.5 Å². The van der Waals surface area contributed by atoms with Gasteiger partial charge in [-0.15, -0.1) is 0 Å². The molecule has 0 spiro atoms. The summed E-state index contributed by atoms with van der Waals surface area (Å²) in [5.41, 5.74) is 3.95. The molecule has 3 nitrogen and oxygen atoms in total. The Kier molecular flexibility index (Phi) is 5.09. The van der Waals surface area contributed by atoms with Crippen LogP contribution in [-0.4, -0.2) is 32.2 Å². The topological polar surface area (TPSA) is 21.7 Å². The van der Waals surface area contributed by atoms with Gasteiger partial charge in [-0.25, -0.2) is 0 Å². The van der Waals surface area contributed by atoms with E-state index in [0.29, 0.717) is 0 Å². The van der Waals surface area contributed by atoms with Gasteiger partial charge in [0, 0.05) is 30.2 Å². The van der Waals surface area contributed by atoms with Crippen molar-refractivity contribution < 1.29 is 9.47 Å². The van der Waals surface area contributed by atoms with E-state index >= 15 is 0 Å². The van der Waals surface area contributed by atoms with E-state index in [1.165, 1.54) is 16.7 Å². The van der Waals surface area contributed by atoms with Crippen molar-refractivity contribution >= 4 is 11.6 Å². The molecule has 122 valence electrons. The fraction of sp³-hybridized carbons (Fsp3) is 0.368. The fourth-order valence-corrected chi connectivity index (χ4v) is 3.30. The monoisotopic (exact) mass is 331 g/mol. The van der Waals surface area contributed by atoms with E-state index in [1.54, 1.807) is 14.2 Å². The first kappa shape index (κ1) is 16.2. The SMILES string of the molecule is COc1ccc2c(c1OC)CCN(CCc1ccc(Cl)cc1)C2. The maximum atomic E-state index is 5.94. The number of nitrogens with zero attached hydrogens (tertiary/aromatic N) is 1. The number of fused-ring (bicyclic) bond motifs is 1. The molecular formula is C19H22ClNO2. The summed E-state index contributed by atoms with van der Waals surface area (Å²) >= 11 is 5.94. The summed E-state index contributed by atoms with van der Waals surface area (Å²) in [6.45, 7) is 3.06. The summed E-state index contributed by atoms with van der Waals surface area (Å²) in [5, 5.41) is 0.793. The van der Waals surface area contributed by atoms with Gasteiger partial charge in [0.1, 0.15) is 0 Å². The number of methoxy groups -OCH3 is 2. The van der Waals surface area contributed by atoms with Gasteiger partial charge in [-0.05, 0) is 42.2 Å². The predicted molar refractivity (Wildman–Crippen MR) is 93.7 cm³/mol. The van der Waals surface area contributed by atoms with Crippen molar-refractivity contribution in [2.75, 3.05) is 27.3 Å². The molecule has 4 heteroatoms. The highest BCUT2D eigenvalue weighted by atomic mass is 35.5. The van der Waals surface area contributed by atoms with Crippen LogP contribution in [0.25, 0.3) is 0 Å². The van der Waals surface area contributed by atoms with E-state index in [-0.39, 0.29) is 0 Å². The van der Waals surface area contributed by atoms with Crippen LogP contribution in [0, 0.1) is 0 Å². The van der Waals surface area contributed by atoms with Gasteiger partial charge in [-0.2, -0.15) is 0 Å². The van der Waals surface area contributed by atoms with Crippen molar-refractivity contribution in [3.05, 3.63) is 58.1 Å². The molecule has 0 aliphatic carbocycles. The van der Waals surface area contributed by atoms with E-state index in [0.717, 1.165) is 49.0 Å². The average Bonchev–Trinajstić information content (AvgIpc) is 2.60. The molecule has 0 amide bonds. The van der Waals surface area contributed by atoms with Crippen LogP contribution >= 0.6 is 11.6 Å². The number of hydrogen-bond acceptors (Lipinski definition) is 3. The summed E-state index contributed by atoms with van der Waals surface area (Å²) in [6.07, 6.45) is 2.04. The summed E-state index contributed by atoms with van der Waals surface area (Å²) in [7, 11) is 3.40. The standard InChI is InChI=1S/C19H22ClNO2/c1-22-18-8-5-15-13-21(12-10-17(15)19(18)23-2)11-9-14-3-6-16(20)7-4-14/h3-8H,9-13H2,1-2H3. The number of halogens is 1. The molecule has 0 radical (unpaired) electrons. The third-order valence-electron chi connectivity index (χ3n) is 4.45. The quantitative estimate of drug-likeness (QED) is 0.827. The van der Waals surface area contributed by atoms with E-state index in [4.69, 9.17) is 21.1 Å². The lowest BCUT2D eigenvalue weighted by atomic mass is 9.97. The lowest BCUT2D eigenvalue weighted by Gasteiger charge is -2.30. The van der Waals surface area contributed by atoms with Crippen LogP contribution in [-0.2, 0) is 19.4 Å². The highest BCUT2D eigenvalue weighted by molar-refractivity contribution is 6.30. The van der Waals surface area contributed by atoms with Crippen LogP contribution in [0.15, 0.2) is 36.4 Å². The summed E-state index contributed by atoms with van der Waals surface area (Å²) in [5.74, 6) is 1.71. The van der Waals surface area contributed by atoms with Crippen LogP contribution in [0.4, 0.5) is 0 Å². The van der Waals surface area contributed by atoms with Gasteiger partial charge in [-0.3, -0.25) is 4.90 Å². The van der Waals surface area contributed by atoms with Gasteiger partial charge in [0.25, 0.3) is 0 Å². The maximum Gasteiger partial charge on any atom is 0.164 e. The first-order valence-electron chi connectivity index (χ1n) is 7.91. The Morgan fingerprint density at radius 1 is 1.04 bits per heavy atom. The van der Waals surface area contributed by atoms with Crippen molar-refractivity contribution in [2.45, 2.75) is 19.4 Å². The third-order valence-corrected chi connectivity index (χ3v) is 4.70. The Morgan fingerprint density at radius 3 is 2.52 bits per heavy atom. The van der Waals surface area contributed by atoms with E-state index in [9.17, 15) is 0 Å². The van der Waals surface area contributed by atoms with Crippen molar-refractivity contribution in [1.29, 1.82) is 0 Å². The van der Waals surface area contributed by atoms with Gasteiger partial charge >= 0.3 is 0 Å². The molecule has 0 bridgehead atoms. The maximum absolute atomic E-state index is 5.94. The second kappa shape index (κ2) is 7.24. The minimum Gasteiger partial charge on any atom is -0.493 e. The van der Waals surface area contributed by atoms with Gasteiger partial charge < -0.3 is 9.47 Å². The normalized spacial score (nSPS) is 14.4. The van der Waals surface area contributed by atoms with Crippen LogP contribution in [0.5, 0.6) is 11.5 Å². The lowest BCUT2D eigenvalue weighted by molar-refractivity contribution is 0.252. The smallest absolute Gasteiger partial charge is 0.164 e. The summed E-state index contributed by atoms with van der Waals surface area (Å²) in [4.78, 5) is 2.49. The highest BCUT2D eigenvalue weighted by Gasteiger charge is 2.21. The summed E-state index contributed by atoms with van der Waals surface area (Å²) < 4.78 is 10.9. The Labute approximate surface area is 142 Å². The number of rotatable bonds is 5. The average molecular weight is 332 g/mol. The molecular weight excluding hydrogens is 310 g/mol. The number of ether oxygens (including phenoxy) is 2. The van der Waals surface area contributed by atoms with Crippen molar-refractivity contribution in [1.82, 2.24) is 4.90 Å². The Hall–Kier alpha value is -1.71. The predicted octanol–water partition coefficient (Wildman–Crippen LogP) is 3.96. The first-order chi connectivity index (χ1) is 11.2. The van der Waals surface area contributed by atoms with Gasteiger partial charge in [0.2, 0.25) is 0 Å².